The number of rotatable bonds is 14. The number of allylic oxidation sites excluding steroid dienone is 2. The first-order valence-corrected chi connectivity index (χ1v) is 16.5. The van der Waals surface area contributed by atoms with Crippen LogP contribution in [0.2, 0.25) is 0 Å². The molecule has 0 radical (unpaired) electrons. The predicted octanol–water partition coefficient (Wildman–Crippen LogP) is 6.54. The van der Waals surface area contributed by atoms with Crippen LogP contribution in [0.5, 0.6) is 0 Å². The number of dihydropyridines is 1. The van der Waals surface area contributed by atoms with E-state index in [9.17, 15) is 19.7 Å². The fourth-order valence-electron chi connectivity index (χ4n) is 7.42. The van der Waals surface area contributed by atoms with E-state index in [1.165, 1.54) is 23.3 Å². The Morgan fingerprint density at radius 1 is 0.830 bits per heavy atom. The van der Waals surface area contributed by atoms with Gasteiger partial charge in [-0.3, -0.25) is 19.7 Å². The van der Waals surface area contributed by atoms with Crippen LogP contribution >= 0.6 is 0 Å². The molecule has 0 saturated carbocycles. The molecule has 47 heavy (non-hydrogen) atoms. The number of hydrogen-bond acceptors (Lipinski definition) is 6. The Bertz CT molecular complexity index is 1550. The molecule has 1 N–H and O–H groups in total. The topological polar surface area (TPSA) is 99.0 Å². The number of likely N-dealkylation sites (tertiary alicyclic amines) is 1. The van der Waals surface area contributed by atoms with Gasteiger partial charge in [0.25, 0.3) is 5.69 Å². The number of amides is 2. The highest BCUT2D eigenvalue weighted by Gasteiger charge is 2.38. The van der Waals surface area contributed by atoms with Crippen LogP contribution in [0.1, 0.15) is 69.1 Å². The van der Waals surface area contributed by atoms with E-state index in [0.717, 1.165) is 86.5 Å². The molecule has 2 heterocycles. The normalized spacial score (nSPS) is 18.0. The molecule has 3 aromatic carbocycles. The van der Waals surface area contributed by atoms with E-state index in [1.54, 1.807) is 21.9 Å². The van der Waals surface area contributed by atoms with Gasteiger partial charge in [-0.05, 0) is 75.9 Å². The molecule has 1 saturated heterocycles. The first-order valence-electron chi connectivity index (χ1n) is 16.5. The number of nitrogens with one attached hydrogen (secondary N) is 1. The maximum absolute atomic E-state index is 12.8. The van der Waals surface area contributed by atoms with Gasteiger partial charge in [0.2, 0.25) is 12.8 Å². The van der Waals surface area contributed by atoms with Crippen molar-refractivity contribution in [3.8, 4) is 0 Å². The van der Waals surface area contributed by atoms with Crippen molar-refractivity contribution in [3.63, 3.8) is 0 Å². The lowest BCUT2D eigenvalue weighted by atomic mass is 9.68. The summed E-state index contributed by atoms with van der Waals surface area (Å²) in [6.07, 6.45) is 5.25. The Balaban J connectivity index is 1.34. The maximum Gasteiger partial charge on any atom is 0.269 e. The number of nitrogens with zero attached hydrogens (tertiary/aromatic N) is 4. The summed E-state index contributed by atoms with van der Waals surface area (Å²) in [5, 5.41) is 14.8. The van der Waals surface area contributed by atoms with Gasteiger partial charge in [0.15, 0.2) is 0 Å². The fourth-order valence-corrected chi connectivity index (χ4v) is 7.42. The Morgan fingerprint density at radius 3 is 1.81 bits per heavy atom. The van der Waals surface area contributed by atoms with Crippen molar-refractivity contribution in [1.82, 2.24) is 20.0 Å². The van der Waals surface area contributed by atoms with Gasteiger partial charge in [0, 0.05) is 42.0 Å². The van der Waals surface area contributed by atoms with E-state index in [0.29, 0.717) is 13.1 Å². The third-order valence-corrected chi connectivity index (χ3v) is 9.70. The van der Waals surface area contributed by atoms with Gasteiger partial charge in [-0.2, -0.15) is 0 Å². The van der Waals surface area contributed by atoms with Crippen molar-refractivity contribution in [3.05, 3.63) is 135 Å². The number of piperidine rings is 1. The van der Waals surface area contributed by atoms with Gasteiger partial charge in [-0.1, -0.05) is 79.7 Å². The average Bonchev–Trinajstić information content (AvgIpc) is 3.10. The van der Waals surface area contributed by atoms with Crippen LogP contribution in [-0.4, -0.2) is 65.2 Å². The molecule has 2 aliphatic rings. The highest BCUT2D eigenvalue weighted by molar-refractivity contribution is 5.60. The van der Waals surface area contributed by atoms with Crippen molar-refractivity contribution in [2.24, 2.45) is 0 Å². The monoisotopic (exact) mass is 635 g/mol. The number of carbonyl (C=O) groups is 2. The first kappa shape index (κ1) is 33.6. The van der Waals surface area contributed by atoms with E-state index >= 15 is 0 Å². The Hall–Kier alpha value is -4.76. The summed E-state index contributed by atoms with van der Waals surface area (Å²) in [4.78, 5) is 42.0. The quantitative estimate of drug-likeness (QED) is 0.123. The number of non-ortho nitro benzene ring substituents is 1. The van der Waals surface area contributed by atoms with Gasteiger partial charge in [0.05, 0.1) is 22.2 Å². The molecule has 5 rings (SSSR count). The van der Waals surface area contributed by atoms with Crippen molar-refractivity contribution in [2.75, 3.05) is 32.7 Å². The molecule has 1 atom stereocenters. The molecule has 9 heteroatoms. The molecule has 1 fully saturated rings. The van der Waals surface area contributed by atoms with Crippen LogP contribution in [0, 0.1) is 10.1 Å². The van der Waals surface area contributed by atoms with Crippen LogP contribution in [0.3, 0.4) is 0 Å². The van der Waals surface area contributed by atoms with E-state index in [1.807, 2.05) is 20.8 Å². The Kier molecular flexibility index (Phi) is 10.9. The summed E-state index contributed by atoms with van der Waals surface area (Å²) < 4.78 is 0. The lowest BCUT2D eigenvalue weighted by Gasteiger charge is -2.43. The highest BCUT2D eigenvalue weighted by Crippen LogP contribution is 2.43. The van der Waals surface area contributed by atoms with Crippen LogP contribution in [0.25, 0.3) is 0 Å². The number of carbonyl (C=O) groups excluding carboxylic acids is 2. The standard InChI is InChI=1S/C38H45N5O4/c1-4-22-41(27-44)36-29(2)39-30(3)37(35(36)31-16-18-34(19-17-31)43(46)47)42(28-45)24-11-23-40-25-20-38(21-26-40,32-12-7-5-8-13-32)33-14-9-6-10-15-33/h5-10,12-19,27-28,35,39H,4,11,20-26H2,1-3H3. The second-order valence-electron chi connectivity index (χ2n) is 12.5. The number of nitro benzene ring substituents is 1. The summed E-state index contributed by atoms with van der Waals surface area (Å²) in [7, 11) is 0. The van der Waals surface area contributed by atoms with E-state index in [4.69, 9.17) is 0 Å². The molecule has 2 aliphatic heterocycles. The number of benzene rings is 3. The van der Waals surface area contributed by atoms with Gasteiger partial charge in [-0.15, -0.1) is 0 Å². The lowest BCUT2D eigenvalue weighted by Crippen LogP contribution is -2.44. The lowest BCUT2D eigenvalue weighted by molar-refractivity contribution is -0.384. The summed E-state index contributed by atoms with van der Waals surface area (Å²) in [6.45, 7) is 9.64. The molecule has 246 valence electrons. The van der Waals surface area contributed by atoms with Crippen LogP contribution in [0.15, 0.2) is 108 Å². The fraction of sp³-hybridized carbons (Fsp3) is 0.368. The minimum atomic E-state index is -0.452. The zero-order valence-corrected chi connectivity index (χ0v) is 27.6. The number of nitro groups is 1. The molecule has 0 aromatic heterocycles. The van der Waals surface area contributed by atoms with E-state index < -0.39 is 10.8 Å². The summed E-state index contributed by atoms with van der Waals surface area (Å²) in [6, 6.07) is 28.0. The van der Waals surface area contributed by atoms with Gasteiger partial charge in [0.1, 0.15) is 0 Å². The van der Waals surface area contributed by atoms with Crippen LogP contribution in [0.4, 0.5) is 5.69 Å². The van der Waals surface area contributed by atoms with Gasteiger partial charge >= 0.3 is 0 Å². The molecule has 0 aliphatic carbocycles. The summed E-state index contributed by atoms with van der Waals surface area (Å²) >= 11 is 0. The van der Waals surface area contributed by atoms with E-state index in [-0.39, 0.29) is 11.1 Å². The molecule has 0 bridgehead atoms. The van der Waals surface area contributed by atoms with Gasteiger partial charge in [-0.25, -0.2) is 0 Å². The van der Waals surface area contributed by atoms with Crippen molar-refractivity contribution < 1.29 is 14.5 Å². The molecule has 2 amide bonds. The SMILES string of the molecule is CCCN(C=O)C1=C(C)NC(C)=C(N(C=O)CCCN2CCC(c3ccccc3)(c3ccccc3)CC2)C1c1ccc([N+](=O)[O-])cc1. The molecule has 9 nitrogen and oxygen atoms in total. The van der Waals surface area contributed by atoms with Gasteiger partial charge < -0.3 is 20.0 Å². The van der Waals surface area contributed by atoms with E-state index in [2.05, 4.69) is 70.9 Å². The maximum atomic E-state index is 12.8. The van der Waals surface area contributed by atoms with Crippen molar-refractivity contribution >= 4 is 18.5 Å². The molecule has 3 aromatic rings. The average molecular weight is 636 g/mol. The Morgan fingerprint density at radius 2 is 1.34 bits per heavy atom. The molecular weight excluding hydrogens is 590 g/mol. The minimum Gasteiger partial charge on any atom is -0.360 e. The highest BCUT2D eigenvalue weighted by atomic mass is 16.6. The third-order valence-electron chi connectivity index (χ3n) is 9.70. The molecule has 1 unspecified atom stereocenters. The predicted molar refractivity (Wildman–Crippen MR) is 184 cm³/mol. The zero-order valence-electron chi connectivity index (χ0n) is 27.6. The van der Waals surface area contributed by atoms with Crippen LogP contribution in [-0.2, 0) is 15.0 Å². The Labute approximate surface area is 277 Å². The van der Waals surface area contributed by atoms with Crippen molar-refractivity contribution in [1.29, 1.82) is 0 Å². The minimum absolute atomic E-state index is 0.00897. The molecular formula is C38H45N5O4. The molecule has 0 spiro atoms. The summed E-state index contributed by atoms with van der Waals surface area (Å²) in [5.74, 6) is -0.452. The first-order chi connectivity index (χ1) is 22.8. The smallest absolute Gasteiger partial charge is 0.269 e. The van der Waals surface area contributed by atoms with Crippen molar-refractivity contribution in [2.45, 2.75) is 57.8 Å². The number of hydrogen-bond donors (Lipinski definition) is 1. The third kappa shape index (κ3) is 7.15. The second kappa shape index (κ2) is 15.2. The zero-order chi connectivity index (χ0) is 33.4. The summed E-state index contributed by atoms with van der Waals surface area (Å²) in [5.41, 5.74) is 6.59. The largest absolute Gasteiger partial charge is 0.360 e. The van der Waals surface area contributed by atoms with Crippen LogP contribution < -0.4 is 5.32 Å². The second-order valence-corrected chi connectivity index (χ2v) is 12.5.